The minimum Gasteiger partial charge on any atom is -0.352 e. The molecule has 0 radical (unpaired) electrons. The number of rotatable bonds is 5. The van der Waals surface area contributed by atoms with E-state index in [9.17, 15) is 22.8 Å². The van der Waals surface area contributed by atoms with Crippen molar-refractivity contribution in [3.8, 4) is 0 Å². The van der Waals surface area contributed by atoms with Gasteiger partial charge in [0, 0.05) is 12.2 Å². The lowest BCUT2D eigenvalue weighted by atomic mass is 9.83. The van der Waals surface area contributed by atoms with Gasteiger partial charge in [0.05, 0.1) is 29.8 Å². The molecule has 0 aromatic heterocycles. The Bertz CT molecular complexity index is 1100. The maximum absolute atomic E-state index is 13.5. The Labute approximate surface area is 226 Å². The number of urea groups is 1. The quantitative estimate of drug-likeness (QED) is 0.524. The van der Waals surface area contributed by atoms with E-state index in [1.807, 2.05) is 6.92 Å². The molecular weight excluding hydrogens is 521 g/mol. The summed E-state index contributed by atoms with van der Waals surface area (Å²) in [6.07, 6.45) is 1.26. The van der Waals surface area contributed by atoms with E-state index in [0.29, 0.717) is 12.0 Å². The highest BCUT2D eigenvalue weighted by molar-refractivity contribution is 6.31. The number of amides is 3. The van der Waals surface area contributed by atoms with Crippen LogP contribution in [0.1, 0.15) is 58.4 Å². The molecule has 1 aromatic rings. The van der Waals surface area contributed by atoms with Crippen LogP contribution in [0, 0.1) is 11.3 Å². The highest BCUT2D eigenvalue weighted by Gasteiger charge is 2.54. The van der Waals surface area contributed by atoms with Gasteiger partial charge in [-0.1, -0.05) is 18.5 Å². The SMILES string of the molecule is CC1CN(CCC[C@H]2COC3(C)CN(C(=O)Nc4ccc(C(F)(F)F)c(Cl)c4)[C@@H](C)C(=O)N23)CCC12CC2. The lowest BCUT2D eigenvalue weighted by Crippen LogP contribution is -2.67. The zero-order valence-corrected chi connectivity index (χ0v) is 22.9. The number of halogens is 4. The fourth-order valence-electron chi connectivity index (χ4n) is 6.56. The summed E-state index contributed by atoms with van der Waals surface area (Å²) >= 11 is 5.79. The summed E-state index contributed by atoms with van der Waals surface area (Å²) in [5, 5.41) is 2.07. The summed E-state index contributed by atoms with van der Waals surface area (Å²) < 4.78 is 45.1. The standard InChI is InChI=1S/C27H36ClF3N4O3/c1-17-14-33(12-10-26(17)8-9-26)11-4-5-20-15-38-25(3)16-34(18(2)23(36)35(20)25)24(37)32-19-6-7-21(22(28)13-19)27(29,30)31/h6-7,13,17-18,20H,4-5,8-12,14-16H2,1-3H3,(H,32,37)/t17?,18-,20-,25?/m0/s1. The van der Waals surface area contributed by atoms with E-state index in [0.717, 1.165) is 56.6 Å². The van der Waals surface area contributed by atoms with Gasteiger partial charge in [0.15, 0.2) is 5.72 Å². The van der Waals surface area contributed by atoms with Crippen molar-refractivity contribution < 1.29 is 27.5 Å². The number of carbonyl (C=O) groups is 2. The first kappa shape index (κ1) is 27.5. The zero-order valence-electron chi connectivity index (χ0n) is 22.1. The van der Waals surface area contributed by atoms with E-state index in [1.54, 1.807) is 11.8 Å². The number of piperidine rings is 1. The molecule has 4 atom stereocenters. The van der Waals surface area contributed by atoms with Crippen molar-refractivity contribution in [1.29, 1.82) is 0 Å². The average molecular weight is 557 g/mol. The lowest BCUT2D eigenvalue weighted by molar-refractivity contribution is -0.167. The number of nitrogens with zero attached hydrogens (tertiary/aromatic N) is 3. The number of likely N-dealkylation sites (tertiary alicyclic amines) is 1. The van der Waals surface area contributed by atoms with Gasteiger partial charge in [-0.3, -0.25) is 4.79 Å². The minimum absolute atomic E-state index is 0.0501. The summed E-state index contributed by atoms with van der Waals surface area (Å²) in [6.45, 7) is 9.73. The molecule has 4 fully saturated rings. The van der Waals surface area contributed by atoms with Gasteiger partial charge in [0.25, 0.3) is 0 Å². The number of fused-ring (bicyclic) bond motifs is 1. The smallest absolute Gasteiger partial charge is 0.352 e. The number of hydrogen-bond donors (Lipinski definition) is 1. The normalized spacial score (nSPS) is 31.0. The van der Waals surface area contributed by atoms with Gasteiger partial charge in [-0.25, -0.2) is 4.79 Å². The Hall–Kier alpha value is -2.04. The van der Waals surface area contributed by atoms with Crippen LogP contribution in [0.2, 0.25) is 5.02 Å². The van der Waals surface area contributed by atoms with Crippen LogP contribution in [0.3, 0.4) is 0 Å². The Morgan fingerprint density at radius 2 is 1.97 bits per heavy atom. The van der Waals surface area contributed by atoms with E-state index in [2.05, 4.69) is 17.1 Å². The molecule has 1 aromatic carbocycles. The number of hydrogen-bond acceptors (Lipinski definition) is 4. The number of benzene rings is 1. The monoisotopic (exact) mass is 556 g/mol. The lowest BCUT2D eigenvalue weighted by Gasteiger charge is -2.47. The molecule has 1 spiro atoms. The minimum atomic E-state index is -4.59. The van der Waals surface area contributed by atoms with Crippen molar-refractivity contribution in [2.45, 2.75) is 76.9 Å². The van der Waals surface area contributed by atoms with Crippen molar-refractivity contribution in [1.82, 2.24) is 14.7 Å². The van der Waals surface area contributed by atoms with Crippen LogP contribution in [0.5, 0.6) is 0 Å². The zero-order chi connectivity index (χ0) is 27.5. The number of ether oxygens (including phenoxy) is 1. The van der Waals surface area contributed by atoms with Crippen LogP contribution in [0.4, 0.5) is 23.7 Å². The maximum atomic E-state index is 13.5. The van der Waals surface area contributed by atoms with Crippen molar-refractivity contribution in [2.75, 3.05) is 38.1 Å². The highest BCUT2D eigenvalue weighted by Crippen LogP contribution is 2.56. The molecule has 1 N–H and O–H groups in total. The van der Waals surface area contributed by atoms with Crippen LogP contribution >= 0.6 is 11.6 Å². The van der Waals surface area contributed by atoms with Crippen LogP contribution in [0.25, 0.3) is 0 Å². The number of anilines is 1. The Balaban J connectivity index is 1.18. The van der Waals surface area contributed by atoms with E-state index in [4.69, 9.17) is 16.3 Å². The van der Waals surface area contributed by atoms with Gasteiger partial charge in [0.2, 0.25) is 5.91 Å². The predicted molar refractivity (Wildman–Crippen MR) is 138 cm³/mol. The fourth-order valence-corrected chi connectivity index (χ4v) is 6.85. The maximum Gasteiger partial charge on any atom is 0.417 e. The summed E-state index contributed by atoms with van der Waals surface area (Å²) in [5.74, 6) is 0.554. The van der Waals surface area contributed by atoms with Crippen LogP contribution < -0.4 is 5.32 Å². The van der Waals surface area contributed by atoms with Crippen LogP contribution in [-0.4, -0.2) is 77.2 Å². The van der Waals surface area contributed by atoms with Gasteiger partial charge in [0.1, 0.15) is 6.04 Å². The number of nitrogens with one attached hydrogen (secondary N) is 1. The predicted octanol–water partition coefficient (Wildman–Crippen LogP) is 5.44. The molecule has 3 saturated heterocycles. The largest absolute Gasteiger partial charge is 0.417 e. The Morgan fingerprint density at radius 1 is 1.24 bits per heavy atom. The molecule has 5 rings (SSSR count). The van der Waals surface area contributed by atoms with Crippen LogP contribution in [0.15, 0.2) is 18.2 Å². The summed E-state index contributed by atoms with van der Waals surface area (Å²) in [7, 11) is 0. The van der Waals surface area contributed by atoms with E-state index < -0.39 is 34.6 Å². The molecule has 2 unspecified atom stereocenters. The van der Waals surface area contributed by atoms with Crippen LogP contribution in [-0.2, 0) is 15.7 Å². The summed E-state index contributed by atoms with van der Waals surface area (Å²) in [6, 6.07) is 1.64. The first-order valence-corrected chi connectivity index (χ1v) is 13.8. The third-order valence-corrected chi connectivity index (χ3v) is 9.49. The third kappa shape index (κ3) is 5.11. The van der Waals surface area contributed by atoms with Crippen molar-refractivity contribution in [3.05, 3.63) is 28.8 Å². The third-order valence-electron chi connectivity index (χ3n) is 9.18. The van der Waals surface area contributed by atoms with E-state index in [1.165, 1.54) is 24.2 Å². The number of alkyl halides is 3. The van der Waals surface area contributed by atoms with Gasteiger partial charge in [-0.05, 0) is 88.6 Å². The Morgan fingerprint density at radius 3 is 2.61 bits per heavy atom. The average Bonchev–Trinajstić information content (AvgIpc) is 3.54. The molecule has 11 heteroatoms. The second-order valence-electron chi connectivity index (χ2n) is 11.7. The molecule has 1 aliphatic carbocycles. The van der Waals surface area contributed by atoms with Gasteiger partial charge >= 0.3 is 12.2 Å². The molecule has 3 amide bonds. The molecule has 3 aliphatic heterocycles. The van der Waals surface area contributed by atoms with Gasteiger partial charge in [-0.2, -0.15) is 13.2 Å². The molecule has 7 nitrogen and oxygen atoms in total. The molecule has 38 heavy (non-hydrogen) atoms. The van der Waals surface area contributed by atoms with Gasteiger partial charge < -0.3 is 24.8 Å². The van der Waals surface area contributed by atoms with E-state index in [-0.39, 0.29) is 24.2 Å². The van der Waals surface area contributed by atoms with Crippen molar-refractivity contribution in [3.63, 3.8) is 0 Å². The molecular formula is C27H36ClF3N4O3. The molecule has 3 heterocycles. The second kappa shape index (κ2) is 9.86. The number of carbonyl (C=O) groups excluding carboxylic acids is 2. The van der Waals surface area contributed by atoms with Crippen molar-refractivity contribution in [2.24, 2.45) is 11.3 Å². The second-order valence-corrected chi connectivity index (χ2v) is 12.1. The first-order chi connectivity index (χ1) is 17.8. The summed E-state index contributed by atoms with van der Waals surface area (Å²) in [4.78, 5) is 32.2. The van der Waals surface area contributed by atoms with Gasteiger partial charge in [-0.15, -0.1) is 0 Å². The molecule has 1 saturated carbocycles. The molecule has 210 valence electrons. The first-order valence-electron chi connectivity index (χ1n) is 13.5. The Kier molecular flexibility index (Phi) is 7.14. The molecule has 0 bridgehead atoms. The number of piperazine rings is 1. The highest BCUT2D eigenvalue weighted by atomic mass is 35.5. The van der Waals surface area contributed by atoms with Crippen molar-refractivity contribution >= 4 is 29.2 Å². The summed E-state index contributed by atoms with van der Waals surface area (Å²) in [5.41, 5.74) is -1.20. The topological polar surface area (TPSA) is 65.1 Å². The fraction of sp³-hybridized carbons (Fsp3) is 0.704. The molecule has 4 aliphatic rings. The van der Waals surface area contributed by atoms with E-state index >= 15 is 0 Å².